The summed E-state index contributed by atoms with van der Waals surface area (Å²) in [5.41, 5.74) is 1.42. The topological polar surface area (TPSA) is 64.6 Å². The predicted molar refractivity (Wildman–Crippen MR) is 91.2 cm³/mol. The van der Waals surface area contributed by atoms with Gasteiger partial charge in [-0.15, -0.1) is 0 Å². The van der Waals surface area contributed by atoms with Gasteiger partial charge in [0.15, 0.2) is 6.61 Å². The summed E-state index contributed by atoms with van der Waals surface area (Å²) in [4.78, 5) is 23.2. The number of benzene rings is 2. The summed E-state index contributed by atoms with van der Waals surface area (Å²) in [7, 11) is 1.58. The Labute approximate surface area is 145 Å². The van der Waals surface area contributed by atoms with Crippen molar-refractivity contribution in [1.29, 1.82) is 0 Å². The fraction of sp³-hybridized carbons (Fsp3) is 0.158. The maximum atomic E-state index is 13.0. The van der Waals surface area contributed by atoms with E-state index in [1.54, 1.807) is 25.3 Å². The summed E-state index contributed by atoms with van der Waals surface area (Å²) in [6.45, 7) is -0.0675. The first-order chi connectivity index (χ1) is 12.1. The molecule has 0 aliphatic rings. The minimum absolute atomic E-state index is 0.319. The molecule has 25 heavy (non-hydrogen) atoms. The number of hydrogen-bond donors (Lipinski definition) is 1. The standard InChI is InChI=1S/C19H18FNO4/c1-24-17-8-5-15(6-9-17)12-21-18(22)13-25-19(23)10-7-14-3-2-4-16(20)11-14/h2-11H,12-13H2,1H3,(H,21,22)/b10-7+. The fourth-order valence-corrected chi connectivity index (χ4v) is 1.95. The number of amides is 1. The Kier molecular flexibility index (Phi) is 6.71. The van der Waals surface area contributed by atoms with Crippen molar-refractivity contribution < 1.29 is 23.5 Å². The number of carbonyl (C=O) groups excluding carboxylic acids is 2. The third-order valence-electron chi connectivity index (χ3n) is 3.25. The van der Waals surface area contributed by atoms with Crippen LogP contribution in [0.3, 0.4) is 0 Å². The first-order valence-corrected chi connectivity index (χ1v) is 7.57. The van der Waals surface area contributed by atoms with Crippen LogP contribution in [-0.4, -0.2) is 25.6 Å². The van der Waals surface area contributed by atoms with Crippen LogP contribution in [-0.2, 0) is 20.9 Å². The average molecular weight is 343 g/mol. The average Bonchev–Trinajstić information content (AvgIpc) is 2.63. The second-order valence-corrected chi connectivity index (χ2v) is 5.12. The zero-order valence-electron chi connectivity index (χ0n) is 13.7. The third kappa shape index (κ3) is 6.47. The number of halogens is 1. The molecule has 0 radical (unpaired) electrons. The number of esters is 1. The van der Waals surface area contributed by atoms with Crippen molar-refractivity contribution in [3.8, 4) is 5.75 Å². The molecule has 130 valence electrons. The summed E-state index contributed by atoms with van der Waals surface area (Å²) in [5, 5.41) is 2.64. The van der Waals surface area contributed by atoms with Crippen molar-refractivity contribution >= 4 is 18.0 Å². The molecule has 0 saturated heterocycles. The molecular formula is C19H18FNO4. The van der Waals surface area contributed by atoms with E-state index in [1.165, 1.54) is 24.3 Å². The summed E-state index contributed by atoms with van der Waals surface area (Å²) < 4.78 is 22.9. The zero-order chi connectivity index (χ0) is 18.1. The largest absolute Gasteiger partial charge is 0.497 e. The van der Waals surface area contributed by atoms with Crippen molar-refractivity contribution in [2.24, 2.45) is 0 Å². The van der Waals surface area contributed by atoms with E-state index < -0.39 is 17.7 Å². The molecule has 0 unspecified atom stereocenters. The van der Waals surface area contributed by atoms with Gasteiger partial charge in [-0.05, 0) is 41.5 Å². The van der Waals surface area contributed by atoms with Crippen molar-refractivity contribution in [3.05, 3.63) is 71.6 Å². The third-order valence-corrected chi connectivity index (χ3v) is 3.25. The van der Waals surface area contributed by atoms with Gasteiger partial charge < -0.3 is 14.8 Å². The molecule has 2 aromatic rings. The molecule has 0 aliphatic carbocycles. The minimum Gasteiger partial charge on any atom is -0.497 e. The lowest BCUT2D eigenvalue weighted by molar-refractivity contribution is -0.143. The van der Waals surface area contributed by atoms with E-state index in [4.69, 9.17) is 9.47 Å². The van der Waals surface area contributed by atoms with Gasteiger partial charge in [0, 0.05) is 12.6 Å². The van der Waals surface area contributed by atoms with Gasteiger partial charge in [-0.2, -0.15) is 0 Å². The highest BCUT2D eigenvalue weighted by molar-refractivity contribution is 5.89. The molecule has 0 aliphatic heterocycles. The Balaban J connectivity index is 1.72. The molecule has 0 fully saturated rings. The van der Waals surface area contributed by atoms with Crippen molar-refractivity contribution in [1.82, 2.24) is 5.32 Å². The second kappa shape index (κ2) is 9.22. The lowest BCUT2D eigenvalue weighted by atomic mass is 10.2. The monoisotopic (exact) mass is 343 g/mol. The molecule has 1 amide bonds. The molecule has 0 saturated carbocycles. The van der Waals surface area contributed by atoms with Crippen LogP contribution in [0.1, 0.15) is 11.1 Å². The van der Waals surface area contributed by atoms with Crippen LogP contribution < -0.4 is 10.1 Å². The van der Waals surface area contributed by atoms with E-state index in [2.05, 4.69) is 5.32 Å². The summed E-state index contributed by atoms with van der Waals surface area (Å²) in [6, 6.07) is 13.0. The van der Waals surface area contributed by atoms with Crippen molar-refractivity contribution in [2.75, 3.05) is 13.7 Å². The Hall–Kier alpha value is -3.15. The van der Waals surface area contributed by atoms with E-state index in [0.717, 1.165) is 17.4 Å². The smallest absolute Gasteiger partial charge is 0.331 e. The predicted octanol–water partition coefficient (Wildman–Crippen LogP) is 2.71. The van der Waals surface area contributed by atoms with Crippen LogP contribution in [0.4, 0.5) is 4.39 Å². The number of ether oxygens (including phenoxy) is 2. The second-order valence-electron chi connectivity index (χ2n) is 5.12. The first kappa shape index (κ1) is 18.2. The molecule has 0 spiro atoms. The SMILES string of the molecule is COc1ccc(CNC(=O)COC(=O)/C=C/c2cccc(F)c2)cc1. The lowest BCUT2D eigenvalue weighted by Gasteiger charge is -2.06. The molecule has 2 aromatic carbocycles. The number of carbonyl (C=O) groups is 2. The summed E-state index contributed by atoms with van der Waals surface area (Å²) in [5.74, 6) is -0.755. The van der Waals surface area contributed by atoms with Crippen LogP contribution in [0, 0.1) is 5.82 Å². The van der Waals surface area contributed by atoms with Gasteiger partial charge in [0.05, 0.1) is 7.11 Å². The van der Waals surface area contributed by atoms with Crippen LogP contribution in [0.15, 0.2) is 54.6 Å². The molecular weight excluding hydrogens is 325 g/mol. The first-order valence-electron chi connectivity index (χ1n) is 7.57. The summed E-state index contributed by atoms with van der Waals surface area (Å²) >= 11 is 0. The molecule has 0 bridgehead atoms. The Morgan fingerprint density at radius 3 is 2.60 bits per heavy atom. The Morgan fingerprint density at radius 1 is 1.16 bits per heavy atom. The molecule has 0 aromatic heterocycles. The Bertz CT molecular complexity index is 756. The van der Waals surface area contributed by atoms with Gasteiger partial charge in [-0.1, -0.05) is 24.3 Å². The van der Waals surface area contributed by atoms with Crippen LogP contribution in [0.25, 0.3) is 6.08 Å². The van der Waals surface area contributed by atoms with Gasteiger partial charge in [0.1, 0.15) is 11.6 Å². The van der Waals surface area contributed by atoms with E-state index >= 15 is 0 Å². The van der Waals surface area contributed by atoms with Crippen LogP contribution in [0.5, 0.6) is 5.75 Å². The molecule has 0 atom stereocenters. The number of hydrogen-bond acceptors (Lipinski definition) is 4. The maximum absolute atomic E-state index is 13.0. The van der Waals surface area contributed by atoms with E-state index in [9.17, 15) is 14.0 Å². The van der Waals surface area contributed by atoms with Gasteiger partial charge in [-0.3, -0.25) is 4.79 Å². The molecule has 0 heterocycles. The number of nitrogens with one attached hydrogen (secondary N) is 1. The zero-order valence-corrected chi connectivity index (χ0v) is 13.7. The van der Waals surface area contributed by atoms with Crippen LogP contribution >= 0.6 is 0 Å². The van der Waals surface area contributed by atoms with Gasteiger partial charge in [-0.25, -0.2) is 9.18 Å². The van der Waals surface area contributed by atoms with Crippen LogP contribution in [0.2, 0.25) is 0 Å². The van der Waals surface area contributed by atoms with Crippen molar-refractivity contribution in [2.45, 2.75) is 6.54 Å². The fourth-order valence-electron chi connectivity index (χ4n) is 1.95. The minimum atomic E-state index is -0.677. The quantitative estimate of drug-likeness (QED) is 0.620. The van der Waals surface area contributed by atoms with Gasteiger partial charge in [0.2, 0.25) is 0 Å². The van der Waals surface area contributed by atoms with Gasteiger partial charge in [0.25, 0.3) is 5.91 Å². The van der Waals surface area contributed by atoms with E-state index in [0.29, 0.717) is 12.1 Å². The normalized spacial score (nSPS) is 10.5. The molecule has 5 nitrogen and oxygen atoms in total. The van der Waals surface area contributed by atoms with E-state index in [-0.39, 0.29) is 6.61 Å². The lowest BCUT2D eigenvalue weighted by Crippen LogP contribution is -2.28. The molecule has 2 rings (SSSR count). The molecule has 6 heteroatoms. The highest BCUT2D eigenvalue weighted by Crippen LogP contribution is 2.10. The maximum Gasteiger partial charge on any atom is 0.331 e. The number of methoxy groups -OCH3 is 1. The Morgan fingerprint density at radius 2 is 1.92 bits per heavy atom. The van der Waals surface area contributed by atoms with Gasteiger partial charge >= 0.3 is 5.97 Å². The molecule has 1 N–H and O–H groups in total. The summed E-state index contributed by atoms with van der Waals surface area (Å²) in [6.07, 6.45) is 2.56. The number of rotatable bonds is 7. The van der Waals surface area contributed by atoms with E-state index in [1.807, 2.05) is 12.1 Å². The highest BCUT2D eigenvalue weighted by atomic mass is 19.1. The van der Waals surface area contributed by atoms with Crippen molar-refractivity contribution in [3.63, 3.8) is 0 Å². The highest BCUT2D eigenvalue weighted by Gasteiger charge is 2.05.